The van der Waals surface area contributed by atoms with Crippen LogP contribution >= 0.6 is 0 Å². The van der Waals surface area contributed by atoms with Gasteiger partial charge in [-0.2, -0.15) is 27.1 Å². The molecule has 15 heavy (non-hydrogen) atoms. The zero-order valence-corrected chi connectivity index (χ0v) is 7.30. The fraction of sp³-hybridized carbons (Fsp3) is 0.571. The van der Waals surface area contributed by atoms with E-state index in [-0.39, 0.29) is 0 Å². The predicted molar refractivity (Wildman–Crippen MR) is 39.0 cm³/mol. The van der Waals surface area contributed by atoms with Gasteiger partial charge in [-0.1, -0.05) is 0 Å². The molecule has 0 aliphatic carbocycles. The third-order valence-electron chi connectivity index (χ3n) is 1.58. The van der Waals surface area contributed by atoms with Gasteiger partial charge in [0.15, 0.2) is 0 Å². The number of hydrogen-bond acceptors (Lipinski definition) is 2. The molecule has 0 aliphatic rings. The summed E-state index contributed by atoms with van der Waals surface area (Å²) in [6, 6.07) is 0.738. The summed E-state index contributed by atoms with van der Waals surface area (Å²) in [5.74, 6) is -4.07. The Bertz CT molecular complexity index is 332. The first kappa shape index (κ1) is 11.9. The average Bonchev–Trinajstić information content (AvgIpc) is 2.47. The van der Waals surface area contributed by atoms with E-state index >= 15 is 0 Å². The van der Waals surface area contributed by atoms with Crippen molar-refractivity contribution >= 4 is 0 Å². The van der Waals surface area contributed by atoms with Crippen LogP contribution in [0.2, 0.25) is 0 Å². The van der Waals surface area contributed by atoms with E-state index in [0.29, 0.717) is 4.68 Å². The molecule has 1 heterocycles. The molecule has 1 N–H and O–H groups in total. The van der Waals surface area contributed by atoms with E-state index in [1.54, 1.807) is 0 Å². The number of aromatic nitrogens is 2. The summed E-state index contributed by atoms with van der Waals surface area (Å²) in [5.41, 5.74) is -1.01. The van der Waals surface area contributed by atoms with Gasteiger partial charge >= 0.3 is 6.18 Å². The minimum absolute atomic E-state index is 0.665. The monoisotopic (exact) mass is 230 g/mol. The zero-order valence-electron chi connectivity index (χ0n) is 7.30. The third kappa shape index (κ3) is 3.15. The van der Waals surface area contributed by atoms with Crippen LogP contribution in [-0.2, 0) is 12.7 Å². The molecule has 0 aliphatic heterocycles. The second-order valence-electron chi connectivity index (χ2n) is 2.88. The van der Waals surface area contributed by atoms with Crippen molar-refractivity contribution in [3.63, 3.8) is 0 Å². The molecule has 3 nitrogen and oxygen atoms in total. The molecule has 1 aromatic rings. The van der Waals surface area contributed by atoms with Crippen molar-refractivity contribution in [2.45, 2.75) is 25.3 Å². The summed E-state index contributed by atoms with van der Waals surface area (Å²) in [4.78, 5) is 0. The highest BCUT2D eigenvalue weighted by molar-refractivity contribution is 5.07. The van der Waals surface area contributed by atoms with Crippen LogP contribution in [0.4, 0.5) is 22.0 Å². The highest BCUT2D eigenvalue weighted by atomic mass is 19.4. The zero-order chi connectivity index (χ0) is 11.7. The number of aliphatic hydroxyl groups excluding tert-OH is 1. The standard InChI is InChI=1S/C7H7F5N2O/c8-6(9,3-7(10,11)12)5-1-2-14(4-15)13-5/h1-2,15H,3-4H2. The van der Waals surface area contributed by atoms with Crippen molar-refractivity contribution in [2.75, 3.05) is 0 Å². The van der Waals surface area contributed by atoms with Crippen LogP contribution in [0.3, 0.4) is 0 Å². The summed E-state index contributed by atoms with van der Waals surface area (Å²) in [6.07, 6.45) is -6.26. The van der Waals surface area contributed by atoms with Gasteiger partial charge in [-0.3, -0.25) is 0 Å². The second-order valence-corrected chi connectivity index (χ2v) is 2.88. The maximum atomic E-state index is 12.9. The average molecular weight is 230 g/mol. The van der Waals surface area contributed by atoms with E-state index in [4.69, 9.17) is 5.11 Å². The number of aliphatic hydroxyl groups is 1. The highest BCUT2D eigenvalue weighted by Crippen LogP contribution is 2.38. The van der Waals surface area contributed by atoms with Crippen LogP contribution < -0.4 is 0 Å². The van der Waals surface area contributed by atoms with Crippen LogP contribution in [0.5, 0.6) is 0 Å². The van der Waals surface area contributed by atoms with Gasteiger partial charge in [0.2, 0.25) is 0 Å². The van der Waals surface area contributed by atoms with Crippen LogP contribution in [0, 0.1) is 0 Å². The molecule has 0 bridgehead atoms. The van der Waals surface area contributed by atoms with Crippen molar-refractivity contribution in [3.05, 3.63) is 18.0 Å². The molecule has 1 aromatic heterocycles. The summed E-state index contributed by atoms with van der Waals surface area (Å²) >= 11 is 0. The Balaban J connectivity index is 2.85. The lowest BCUT2D eigenvalue weighted by Gasteiger charge is -2.15. The fourth-order valence-corrected chi connectivity index (χ4v) is 0.978. The molecule has 0 radical (unpaired) electrons. The Morgan fingerprint density at radius 3 is 2.27 bits per heavy atom. The van der Waals surface area contributed by atoms with Crippen molar-refractivity contribution in [1.82, 2.24) is 9.78 Å². The molecule has 0 atom stereocenters. The van der Waals surface area contributed by atoms with E-state index in [1.165, 1.54) is 0 Å². The summed E-state index contributed by atoms with van der Waals surface area (Å²) < 4.78 is 61.8. The molecule has 0 fully saturated rings. The van der Waals surface area contributed by atoms with Gasteiger partial charge in [0.05, 0.1) is 0 Å². The van der Waals surface area contributed by atoms with E-state index in [9.17, 15) is 22.0 Å². The van der Waals surface area contributed by atoms with Gasteiger partial charge in [0.1, 0.15) is 18.8 Å². The molecular weight excluding hydrogens is 223 g/mol. The lowest BCUT2D eigenvalue weighted by Crippen LogP contribution is -2.24. The van der Waals surface area contributed by atoms with E-state index in [2.05, 4.69) is 5.10 Å². The first-order valence-corrected chi connectivity index (χ1v) is 3.84. The Hall–Kier alpha value is -1.18. The van der Waals surface area contributed by atoms with Crippen LogP contribution in [-0.4, -0.2) is 21.1 Å². The topological polar surface area (TPSA) is 38.0 Å². The van der Waals surface area contributed by atoms with Gasteiger partial charge in [-0.15, -0.1) is 0 Å². The maximum absolute atomic E-state index is 12.9. The maximum Gasteiger partial charge on any atom is 0.395 e. The smallest absolute Gasteiger partial charge is 0.374 e. The lowest BCUT2D eigenvalue weighted by atomic mass is 10.2. The molecule has 0 unspecified atom stereocenters. The Morgan fingerprint density at radius 1 is 1.27 bits per heavy atom. The SMILES string of the molecule is OCn1ccc(C(F)(F)CC(F)(F)F)n1. The summed E-state index contributed by atoms with van der Waals surface area (Å²) in [5, 5.41) is 11.6. The van der Waals surface area contributed by atoms with Crippen molar-refractivity contribution in [1.29, 1.82) is 0 Å². The number of rotatable bonds is 3. The van der Waals surface area contributed by atoms with Crippen molar-refractivity contribution in [2.24, 2.45) is 0 Å². The van der Waals surface area contributed by atoms with E-state index in [0.717, 1.165) is 12.3 Å². The molecule has 86 valence electrons. The van der Waals surface area contributed by atoms with Crippen LogP contribution in [0.25, 0.3) is 0 Å². The molecule has 1 rings (SSSR count). The number of hydrogen-bond donors (Lipinski definition) is 1. The summed E-state index contributed by atoms with van der Waals surface area (Å²) in [6.45, 7) is -0.665. The predicted octanol–water partition coefficient (Wildman–Crippen LogP) is 1.88. The molecule has 0 amide bonds. The lowest BCUT2D eigenvalue weighted by molar-refractivity contribution is -0.192. The molecule has 0 aromatic carbocycles. The molecule has 0 saturated carbocycles. The number of nitrogens with zero attached hydrogens (tertiary/aromatic N) is 2. The second kappa shape index (κ2) is 3.76. The first-order chi connectivity index (χ1) is 6.74. The fourth-order valence-electron chi connectivity index (χ4n) is 0.978. The van der Waals surface area contributed by atoms with Gasteiger partial charge in [0, 0.05) is 6.20 Å². The van der Waals surface area contributed by atoms with E-state index < -0.39 is 30.9 Å². The molecule has 0 spiro atoms. The highest BCUT2D eigenvalue weighted by Gasteiger charge is 2.46. The van der Waals surface area contributed by atoms with Crippen LogP contribution in [0.15, 0.2) is 12.3 Å². The minimum atomic E-state index is -4.97. The molecule has 8 heteroatoms. The van der Waals surface area contributed by atoms with Gasteiger partial charge < -0.3 is 5.11 Å². The molecular formula is C7H7F5N2O. The van der Waals surface area contributed by atoms with E-state index in [1.807, 2.05) is 0 Å². The Morgan fingerprint density at radius 2 is 1.87 bits per heavy atom. The van der Waals surface area contributed by atoms with Crippen molar-refractivity contribution < 1.29 is 27.1 Å². The van der Waals surface area contributed by atoms with Gasteiger partial charge in [-0.05, 0) is 6.07 Å². The summed E-state index contributed by atoms with van der Waals surface area (Å²) in [7, 11) is 0. The first-order valence-electron chi connectivity index (χ1n) is 3.84. The van der Waals surface area contributed by atoms with Gasteiger partial charge in [-0.25, -0.2) is 4.68 Å². The Kier molecular flexibility index (Phi) is 2.98. The number of halogens is 5. The Labute approximate surface area is 81.1 Å². The van der Waals surface area contributed by atoms with Crippen molar-refractivity contribution in [3.8, 4) is 0 Å². The largest absolute Gasteiger partial charge is 0.395 e. The third-order valence-corrected chi connectivity index (χ3v) is 1.58. The minimum Gasteiger partial charge on any atom is -0.374 e. The molecule has 0 saturated heterocycles. The van der Waals surface area contributed by atoms with Crippen LogP contribution in [0.1, 0.15) is 12.1 Å². The number of alkyl halides is 5. The normalized spacial score (nSPS) is 13.2. The van der Waals surface area contributed by atoms with Gasteiger partial charge in [0.25, 0.3) is 5.92 Å². The quantitative estimate of drug-likeness (QED) is 0.805.